The number of carbonyl (C=O) groups excluding carboxylic acids is 3. The Balaban J connectivity index is 1.73. The highest BCUT2D eigenvalue weighted by atomic mass is 16.5. The van der Waals surface area contributed by atoms with Gasteiger partial charge in [-0.15, -0.1) is 0 Å². The van der Waals surface area contributed by atoms with Crippen LogP contribution in [0.15, 0.2) is 18.2 Å². The summed E-state index contributed by atoms with van der Waals surface area (Å²) in [7, 11) is 0. The van der Waals surface area contributed by atoms with Crippen molar-refractivity contribution in [1.82, 2.24) is 5.32 Å². The van der Waals surface area contributed by atoms with E-state index in [2.05, 4.69) is 5.32 Å². The Morgan fingerprint density at radius 1 is 1.17 bits per heavy atom. The minimum Gasteiger partial charge on any atom is -0.456 e. The molecule has 24 heavy (non-hydrogen) atoms. The zero-order chi connectivity index (χ0) is 17.5. The predicted molar refractivity (Wildman–Crippen MR) is 90.9 cm³/mol. The van der Waals surface area contributed by atoms with Crippen LogP contribution in [0.1, 0.15) is 61.0 Å². The molecule has 0 aliphatic heterocycles. The number of hydrogen-bond acceptors (Lipinski definition) is 4. The van der Waals surface area contributed by atoms with Crippen molar-refractivity contribution in [2.24, 2.45) is 0 Å². The lowest BCUT2D eigenvalue weighted by Gasteiger charge is -2.11. The molecule has 130 valence electrons. The Kier molecular flexibility index (Phi) is 6.53. The fourth-order valence-electron chi connectivity index (χ4n) is 2.74. The van der Waals surface area contributed by atoms with Crippen molar-refractivity contribution in [2.45, 2.75) is 58.4 Å². The van der Waals surface area contributed by atoms with E-state index in [0.29, 0.717) is 5.56 Å². The van der Waals surface area contributed by atoms with Crippen LogP contribution in [-0.4, -0.2) is 30.3 Å². The van der Waals surface area contributed by atoms with E-state index in [9.17, 15) is 14.4 Å². The smallest absolute Gasteiger partial charge is 0.306 e. The van der Waals surface area contributed by atoms with Crippen LogP contribution in [-0.2, 0) is 27.2 Å². The Morgan fingerprint density at radius 2 is 1.92 bits per heavy atom. The molecule has 1 amide bonds. The van der Waals surface area contributed by atoms with Gasteiger partial charge < -0.3 is 10.1 Å². The van der Waals surface area contributed by atoms with Gasteiger partial charge in [0.25, 0.3) is 5.91 Å². The van der Waals surface area contributed by atoms with Crippen molar-refractivity contribution in [3.8, 4) is 0 Å². The molecule has 1 aliphatic carbocycles. The molecule has 5 nitrogen and oxygen atoms in total. The zero-order valence-corrected chi connectivity index (χ0v) is 14.4. The molecular formula is C19H25NO4. The first-order valence-electron chi connectivity index (χ1n) is 8.59. The number of esters is 1. The number of fused-ring (bicyclic) bond motifs is 1. The predicted octanol–water partition coefficient (Wildman–Crippen LogP) is 2.60. The Morgan fingerprint density at radius 3 is 2.67 bits per heavy atom. The van der Waals surface area contributed by atoms with Crippen LogP contribution in [0.25, 0.3) is 0 Å². The number of aryl methyl sites for hydroxylation is 2. The highest BCUT2D eigenvalue weighted by Crippen LogP contribution is 2.23. The molecular weight excluding hydrogens is 306 g/mol. The van der Waals surface area contributed by atoms with Gasteiger partial charge in [-0.2, -0.15) is 0 Å². The number of carbonyl (C=O) groups is 3. The summed E-state index contributed by atoms with van der Waals surface area (Å²) in [4.78, 5) is 35.4. The first kappa shape index (κ1) is 18.2. The molecule has 1 aromatic rings. The van der Waals surface area contributed by atoms with E-state index in [0.717, 1.165) is 25.7 Å². The number of hydrogen-bond donors (Lipinski definition) is 1. The first-order chi connectivity index (χ1) is 11.5. The van der Waals surface area contributed by atoms with Crippen molar-refractivity contribution < 1.29 is 19.1 Å². The fourth-order valence-corrected chi connectivity index (χ4v) is 2.74. The standard InChI is InChI=1S/C19H25NO4/c1-3-13(2)20-18(22)12-24-19(23)10-9-17(21)16-8-7-14-5-4-6-15(14)11-16/h7-8,11,13H,3-6,9-10,12H2,1-2H3,(H,20,22)/t13-/m1/s1. The average molecular weight is 331 g/mol. The molecule has 1 aromatic carbocycles. The summed E-state index contributed by atoms with van der Waals surface area (Å²) in [6, 6.07) is 5.83. The summed E-state index contributed by atoms with van der Waals surface area (Å²) in [6.07, 6.45) is 4.14. The van der Waals surface area contributed by atoms with Crippen LogP contribution in [0.4, 0.5) is 0 Å². The largest absolute Gasteiger partial charge is 0.456 e. The van der Waals surface area contributed by atoms with Crippen LogP contribution < -0.4 is 5.32 Å². The van der Waals surface area contributed by atoms with Gasteiger partial charge in [0.2, 0.25) is 0 Å². The maximum Gasteiger partial charge on any atom is 0.306 e. The van der Waals surface area contributed by atoms with E-state index in [-0.39, 0.29) is 37.2 Å². The maximum atomic E-state index is 12.2. The van der Waals surface area contributed by atoms with Crippen molar-refractivity contribution in [3.63, 3.8) is 0 Å². The van der Waals surface area contributed by atoms with Gasteiger partial charge in [-0.1, -0.05) is 19.1 Å². The second kappa shape index (κ2) is 8.62. The van der Waals surface area contributed by atoms with Crippen molar-refractivity contribution in [1.29, 1.82) is 0 Å². The number of nitrogens with one attached hydrogen (secondary N) is 1. The van der Waals surface area contributed by atoms with E-state index in [1.807, 2.05) is 32.0 Å². The van der Waals surface area contributed by atoms with Crippen LogP contribution in [0.3, 0.4) is 0 Å². The summed E-state index contributed by atoms with van der Waals surface area (Å²) < 4.78 is 4.91. The highest BCUT2D eigenvalue weighted by molar-refractivity contribution is 5.97. The van der Waals surface area contributed by atoms with E-state index in [4.69, 9.17) is 4.74 Å². The minimum absolute atomic E-state index is 0.00741. The number of ketones is 1. The third-order valence-corrected chi connectivity index (χ3v) is 4.36. The third kappa shape index (κ3) is 5.18. The molecule has 0 heterocycles. The van der Waals surface area contributed by atoms with Gasteiger partial charge >= 0.3 is 5.97 Å². The quantitative estimate of drug-likeness (QED) is 0.587. The van der Waals surface area contributed by atoms with Gasteiger partial charge in [0.15, 0.2) is 12.4 Å². The second-order valence-corrected chi connectivity index (χ2v) is 6.30. The minimum atomic E-state index is -0.524. The van der Waals surface area contributed by atoms with E-state index in [1.54, 1.807) is 0 Å². The fraction of sp³-hybridized carbons (Fsp3) is 0.526. The topological polar surface area (TPSA) is 72.5 Å². The van der Waals surface area contributed by atoms with Crippen molar-refractivity contribution >= 4 is 17.7 Å². The molecule has 0 fully saturated rings. The van der Waals surface area contributed by atoms with Gasteiger partial charge in [-0.3, -0.25) is 14.4 Å². The SMILES string of the molecule is CC[C@@H](C)NC(=O)COC(=O)CCC(=O)c1ccc2c(c1)CCC2. The van der Waals surface area contributed by atoms with Crippen LogP contribution in [0.5, 0.6) is 0 Å². The molecule has 0 radical (unpaired) electrons. The Hall–Kier alpha value is -2.17. The highest BCUT2D eigenvalue weighted by Gasteiger charge is 2.16. The molecule has 1 aliphatic rings. The lowest BCUT2D eigenvalue weighted by molar-refractivity contribution is -0.148. The van der Waals surface area contributed by atoms with E-state index >= 15 is 0 Å². The number of amides is 1. The average Bonchev–Trinajstić information content (AvgIpc) is 3.05. The van der Waals surface area contributed by atoms with Crippen LogP contribution >= 0.6 is 0 Å². The number of ether oxygens (including phenoxy) is 1. The summed E-state index contributed by atoms with van der Waals surface area (Å²) >= 11 is 0. The van der Waals surface area contributed by atoms with Gasteiger partial charge in [-0.05, 0) is 49.8 Å². The Bertz CT molecular complexity index is 624. The van der Waals surface area contributed by atoms with Crippen LogP contribution in [0, 0.1) is 0 Å². The number of rotatable bonds is 8. The van der Waals surface area contributed by atoms with Crippen molar-refractivity contribution in [2.75, 3.05) is 6.61 Å². The maximum absolute atomic E-state index is 12.2. The third-order valence-electron chi connectivity index (χ3n) is 4.36. The summed E-state index contributed by atoms with van der Waals surface area (Å²) in [5.41, 5.74) is 3.21. The first-order valence-corrected chi connectivity index (χ1v) is 8.59. The second-order valence-electron chi connectivity index (χ2n) is 6.30. The van der Waals surface area contributed by atoms with Gasteiger partial charge in [0.05, 0.1) is 6.42 Å². The molecule has 5 heteroatoms. The van der Waals surface area contributed by atoms with Gasteiger partial charge in [-0.25, -0.2) is 0 Å². The monoisotopic (exact) mass is 331 g/mol. The number of Topliss-reactive ketones (excluding diaryl/α,β-unsaturated/α-hetero) is 1. The molecule has 0 unspecified atom stereocenters. The summed E-state index contributed by atoms with van der Waals surface area (Å²) in [5, 5.41) is 2.72. The zero-order valence-electron chi connectivity index (χ0n) is 14.4. The molecule has 1 atom stereocenters. The summed E-state index contributed by atoms with van der Waals surface area (Å²) in [5.74, 6) is -0.905. The Labute approximate surface area is 142 Å². The van der Waals surface area contributed by atoms with Crippen LogP contribution in [0.2, 0.25) is 0 Å². The van der Waals surface area contributed by atoms with E-state index < -0.39 is 5.97 Å². The molecule has 0 saturated heterocycles. The molecule has 0 saturated carbocycles. The number of benzene rings is 1. The molecule has 0 bridgehead atoms. The lowest BCUT2D eigenvalue weighted by atomic mass is 10.0. The molecule has 1 N–H and O–H groups in total. The normalized spacial score (nSPS) is 13.9. The van der Waals surface area contributed by atoms with Gasteiger partial charge in [0, 0.05) is 18.0 Å². The summed E-state index contributed by atoms with van der Waals surface area (Å²) in [6.45, 7) is 3.55. The van der Waals surface area contributed by atoms with E-state index in [1.165, 1.54) is 11.1 Å². The lowest BCUT2D eigenvalue weighted by Crippen LogP contribution is -2.35. The molecule has 0 aromatic heterocycles. The van der Waals surface area contributed by atoms with Gasteiger partial charge in [0.1, 0.15) is 0 Å². The molecule has 0 spiro atoms. The molecule has 2 rings (SSSR count). The van der Waals surface area contributed by atoms with Crippen molar-refractivity contribution in [3.05, 3.63) is 34.9 Å².